The molecule has 0 amide bonds. The summed E-state index contributed by atoms with van der Waals surface area (Å²) in [5.74, 6) is 2.20. The number of aromatic amines is 1. The van der Waals surface area contributed by atoms with Crippen LogP contribution in [0.1, 0.15) is 18.2 Å². The number of guanidine groups is 1. The highest BCUT2D eigenvalue weighted by atomic mass is 16.5. The summed E-state index contributed by atoms with van der Waals surface area (Å²) in [4.78, 5) is 8.09. The first-order chi connectivity index (χ1) is 13.2. The molecule has 0 saturated carbocycles. The topological polar surface area (TPSA) is 70.7 Å². The van der Waals surface area contributed by atoms with E-state index in [4.69, 9.17) is 9.47 Å². The van der Waals surface area contributed by atoms with Gasteiger partial charge in [-0.3, -0.25) is 0 Å². The van der Waals surface area contributed by atoms with Crippen LogP contribution in [-0.2, 0) is 13.1 Å². The van der Waals surface area contributed by atoms with E-state index in [1.165, 1.54) is 5.39 Å². The second kappa shape index (κ2) is 8.98. The van der Waals surface area contributed by atoms with Gasteiger partial charge < -0.3 is 25.1 Å². The number of para-hydroxylation sites is 1. The zero-order valence-electron chi connectivity index (χ0n) is 16.0. The van der Waals surface area contributed by atoms with E-state index in [9.17, 15) is 0 Å². The Hall–Kier alpha value is -3.15. The smallest absolute Gasteiger partial charge is 0.191 e. The molecule has 1 aromatic heterocycles. The van der Waals surface area contributed by atoms with E-state index in [0.717, 1.165) is 29.3 Å². The lowest BCUT2D eigenvalue weighted by Gasteiger charge is -2.11. The molecule has 3 rings (SSSR count). The van der Waals surface area contributed by atoms with Gasteiger partial charge in [0.15, 0.2) is 17.5 Å². The number of hydrogen-bond donors (Lipinski definition) is 3. The van der Waals surface area contributed by atoms with Gasteiger partial charge in [-0.15, -0.1) is 0 Å². The lowest BCUT2D eigenvalue weighted by molar-refractivity contribution is 0.354. The minimum atomic E-state index is 0.544. The molecule has 0 aliphatic rings. The predicted octanol–water partition coefficient (Wildman–Crippen LogP) is 3.44. The molecule has 6 nitrogen and oxygen atoms in total. The molecule has 2 aromatic carbocycles. The number of ether oxygens (including phenoxy) is 2. The van der Waals surface area contributed by atoms with Crippen molar-refractivity contribution >= 4 is 16.9 Å². The minimum Gasteiger partial charge on any atom is -0.493 e. The standard InChI is InChI=1S/C21H26N4O2/c1-4-22-21(23-13-15-9-10-19(26-2)20(11-15)27-3)24-14-17-12-16-7-5-6-8-18(16)25-17/h5-12,25H,4,13-14H2,1-3H3,(H2,22,23,24). The molecule has 0 atom stereocenters. The van der Waals surface area contributed by atoms with Crippen LogP contribution >= 0.6 is 0 Å². The molecule has 0 aliphatic carbocycles. The largest absolute Gasteiger partial charge is 0.493 e. The van der Waals surface area contributed by atoms with Gasteiger partial charge >= 0.3 is 0 Å². The molecular weight excluding hydrogens is 340 g/mol. The van der Waals surface area contributed by atoms with Gasteiger partial charge in [0.25, 0.3) is 0 Å². The molecule has 3 aromatic rings. The fraction of sp³-hybridized carbons (Fsp3) is 0.286. The van der Waals surface area contributed by atoms with Crippen molar-refractivity contribution in [3.8, 4) is 11.5 Å². The lowest BCUT2D eigenvalue weighted by atomic mass is 10.2. The molecular formula is C21H26N4O2. The van der Waals surface area contributed by atoms with Crippen molar-refractivity contribution in [3.63, 3.8) is 0 Å². The number of methoxy groups -OCH3 is 2. The van der Waals surface area contributed by atoms with Gasteiger partial charge in [0.2, 0.25) is 0 Å². The third-order valence-electron chi connectivity index (χ3n) is 4.24. The Bertz CT molecular complexity index is 884. The maximum Gasteiger partial charge on any atom is 0.191 e. The number of benzene rings is 2. The summed E-state index contributed by atoms with van der Waals surface area (Å²) in [7, 11) is 3.27. The van der Waals surface area contributed by atoms with E-state index in [0.29, 0.717) is 24.6 Å². The van der Waals surface area contributed by atoms with Crippen LogP contribution in [0.3, 0.4) is 0 Å². The van der Waals surface area contributed by atoms with Gasteiger partial charge in [-0.05, 0) is 42.1 Å². The molecule has 0 bridgehead atoms. The summed E-state index contributed by atoms with van der Waals surface area (Å²) in [6, 6.07) is 16.2. The van der Waals surface area contributed by atoms with E-state index < -0.39 is 0 Å². The molecule has 0 fully saturated rings. The number of aliphatic imine (C=N–C) groups is 1. The van der Waals surface area contributed by atoms with Crippen LogP contribution in [0, 0.1) is 0 Å². The van der Waals surface area contributed by atoms with Gasteiger partial charge in [-0.2, -0.15) is 0 Å². The van der Waals surface area contributed by atoms with Crippen molar-refractivity contribution in [1.29, 1.82) is 0 Å². The van der Waals surface area contributed by atoms with Crippen molar-refractivity contribution in [2.75, 3.05) is 20.8 Å². The van der Waals surface area contributed by atoms with Gasteiger partial charge in [-0.25, -0.2) is 4.99 Å². The third-order valence-corrected chi connectivity index (χ3v) is 4.24. The van der Waals surface area contributed by atoms with Crippen LogP contribution in [0.25, 0.3) is 10.9 Å². The first kappa shape index (κ1) is 18.6. The molecule has 1 heterocycles. The Morgan fingerprint density at radius 3 is 2.56 bits per heavy atom. The van der Waals surface area contributed by atoms with Crippen LogP contribution in [0.15, 0.2) is 53.5 Å². The normalized spacial score (nSPS) is 11.4. The number of hydrogen-bond acceptors (Lipinski definition) is 3. The molecule has 0 spiro atoms. The molecule has 6 heteroatoms. The third kappa shape index (κ3) is 4.73. The lowest BCUT2D eigenvalue weighted by Crippen LogP contribution is -2.36. The van der Waals surface area contributed by atoms with E-state index in [1.807, 2.05) is 30.3 Å². The molecule has 0 radical (unpaired) electrons. The highest BCUT2D eigenvalue weighted by Crippen LogP contribution is 2.27. The van der Waals surface area contributed by atoms with Crippen molar-refractivity contribution in [3.05, 3.63) is 59.8 Å². The van der Waals surface area contributed by atoms with E-state index in [-0.39, 0.29) is 0 Å². The Kier molecular flexibility index (Phi) is 6.20. The SMILES string of the molecule is CCNC(=NCc1ccc(OC)c(OC)c1)NCc1cc2ccccc2[nH]1. The van der Waals surface area contributed by atoms with Gasteiger partial charge in [0.1, 0.15) is 0 Å². The molecule has 3 N–H and O–H groups in total. The van der Waals surface area contributed by atoms with E-state index in [2.05, 4.69) is 45.7 Å². The van der Waals surface area contributed by atoms with Gasteiger partial charge in [0, 0.05) is 17.8 Å². The average Bonchev–Trinajstić information content (AvgIpc) is 3.12. The highest BCUT2D eigenvalue weighted by molar-refractivity contribution is 5.81. The monoisotopic (exact) mass is 366 g/mol. The number of nitrogens with zero attached hydrogens (tertiary/aromatic N) is 1. The summed E-state index contributed by atoms with van der Waals surface area (Å²) in [6.07, 6.45) is 0. The first-order valence-electron chi connectivity index (χ1n) is 9.03. The summed E-state index contributed by atoms with van der Waals surface area (Å²) >= 11 is 0. The Labute approximate surface area is 159 Å². The molecule has 142 valence electrons. The Balaban J connectivity index is 1.67. The van der Waals surface area contributed by atoms with Crippen molar-refractivity contribution in [2.45, 2.75) is 20.0 Å². The van der Waals surface area contributed by atoms with E-state index >= 15 is 0 Å². The Morgan fingerprint density at radius 2 is 1.81 bits per heavy atom. The zero-order valence-corrected chi connectivity index (χ0v) is 16.0. The minimum absolute atomic E-state index is 0.544. The van der Waals surface area contributed by atoms with Crippen LogP contribution in [0.4, 0.5) is 0 Å². The second-order valence-corrected chi connectivity index (χ2v) is 6.12. The maximum atomic E-state index is 5.36. The second-order valence-electron chi connectivity index (χ2n) is 6.12. The Morgan fingerprint density at radius 1 is 1.00 bits per heavy atom. The number of nitrogens with one attached hydrogen (secondary N) is 3. The quantitative estimate of drug-likeness (QED) is 0.442. The summed E-state index contributed by atoms with van der Waals surface area (Å²) in [5, 5.41) is 7.86. The number of H-pyrrole nitrogens is 1. The molecule has 0 saturated heterocycles. The van der Waals surface area contributed by atoms with Gasteiger partial charge in [0.05, 0.1) is 27.3 Å². The summed E-state index contributed by atoms with van der Waals surface area (Å²) < 4.78 is 10.6. The number of rotatable bonds is 7. The molecule has 0 aliphatic heterocycles. The van der Waals surface area contributed by atoms with Crippen molar-refractivity contribution in [2.24, 2.45) is 4.99 Å². The summed E-state index contributed by atoms with van der Waals surface area (Å²) in [5.41, 5.74) is 3.31. The molecule has 27 heavy (non-hydrogen) atoms. The fourth-order valence-electron chi connectivity index (χ4n) is 2.90. The fourth-order valence-corrected chi connectivity index (χ4v) is 2.90. The molecule has 0 unspecified atom stereocenters. The average molecular weight is 366 g/mol. The predicted molar refractivity (Wildman–Crippen MR) is 110 cm³/mol. The van der Waals surface area contributed by atoms with Crippen LogP contribution in [0.5, 0.6) is 11.5 Å². The van der Waals surface area contributed by atoms with Crippen molar-refractivity contribution in [1.82, 2.24) is 15.6 Å². The van der Waals surface area contributed by atoms with Crippen LogP contribution in [-0.4, -0.2) is 31.7 Å². The maximum absolute atomic E-state index is 5.36. The first-order valence-corrected chi connectivity index (χ1v) is 9.03. The highest BCUT2D eigenvalue weighted by Gasteiger charge is 2.05. The van der Waals surface area contributed by atoms with E-state index in [1.54, 1.807) is 14.2 Å². The zero-order chi connectivity index (χ0) is 19.1. The van der Waals surface area contributed by atoms with Crippen molar-refractivity contribution < 1.29 is 9.47 Å². The van der Waals surface area contributed by atoms with Gasteiger partial charge in [-0.1, -0.05) is 24.3 Å². The van der Waals surface area contributed by atoms with Crippen LogP contribution in [0.2, 0.25) is 0 Å². The number of aromatic nitrogens is 1. The number of fused-ring (bicyclic) bond motifs is 1. The summed E-state index contributed by atoms with van der Waals surface area (Å²) in [6.45, 7) is 4.07. The van der Waals surface area contributed by atoms with Crippen LogP contribution < -0.4 is 20.1 Å².